The number of nitrogens with one attached hydrogen (secondary N) is 1. The maximum atomic E-state index is 9.39. The van der Waals surface area contributed by atoms with Crippen LogP contribution in [0.3, 0.4) is 0 Å². The molecule has 21 heavy (non-hydrogen) atoms. The number of hydrogen-bond acceptors (Lipinski definition) is 3. The molecule has 2 rings (SSSR count). The molecule has 0 aromatic heterocycles. The average molecular weight is 296 g/mol. The molecular weight excluding hydrogens is 260 g/mol. The maximum Gasteiger partial charge on any atom is 0.0636 e. The van der Waals surface area contributed by atoms with Crippen molar-refractivity contribution >= 4 is 0 Å². The predicted molar refractivity (Wildman–Crippen MR) is 89.2 cm³/mol. The fourth-order valence-electron chi connectivity index (χ4n) is 4.64. The van der Waals surface area contributed by atoms with Crippen LogP contribution >= 0.6 is 0 Å². The smallest absolute Gasteiger partial charge is 0.0636 e. The van der Waals surface area contributed by atoms with Crippen LogP contribution in [0.15, 0.2) is 0 Å². The van der Waals surface area contributed by atoms with Crippen LogP contribution in [0.4, 0.5) is 0 Å². The highest BCUT2D eigenvalue weighted by Gasteiger charge is 2.41. The number of rotatable bonds is 7. The molecule has 0 spiro atoms. The Labute approximate surface area is 131 Å². The highest BCUT2D eigenvalue weighted by molar-refractivity contribution is 4.99. The van der Waals surface area contributed by atoms with E-state index in [2.05, 4.69) is 5.32 Å². The lowest BCUT2D eigenvalue weighted by Crippen LogP contribution is -2.56. The van der Waals surface area contributed by atoms with Crippen molar-refractivity contribution in [2.75, 3.05) is 13.1 Å². The summed E-state index contributed by atoms with van der Waals surface area (Å²) in [6, 6.07) is 0. The van der Waals surface area contributed by atoms with Gasteiger partial charge in [0.25, 0.3) is 0 Å². The molecule has 124 valence electrons. The number of hydrogen-bond donors (Lipinski definition) is 3. The average Bonchev–Trinajstić information content (AvgIpc) is 2.53. The van der Waals surface area contributed by atoms with Crippen molar-refractivity contribution in [3.63, 3.8) is 0 Å². The summed E-state index contributed by atoms with van der Waals surface area (Å²) in [6.07, 6.45) is 14.5. The van der Waals surface area contributed by atoms with Crippen LogP contribution in [0, 0.1) is 11.8 Å². The van der Waals surface area contributed by atoms with Gasteiger partial charge >= 0.3 is 0 Å². The zero-order valence-corrected chi connectivity index (χ0v) is 13.9. The summed E-state index contributed by atoms with van der Waals surface area (Å²) in [5.74, 6) is 1.45. The number of aliphatic hydroxyl groups excluding tert-OH is 1. The lowest BCUT2D eigenvalue weighted by atomic mass is 9.63. The quantitative estimate of drug-likeness (QED) is 0.632. The Hall–Kier alpha value is -0.120. The van der Waals surface area contributed by atoms with Crippen molar-refractivity contribution in [2.24, 2.45) is 17.6 Å². The first-order chi connectivity index (χ1) is 10.1. The molecule has 4 N–H and O–H groups in total. The lowest BCUT2D eigenvalue weighted by Gasteiger charge is -2.47. The van der Waals surface area contributed by atoms with E-state index in [0.29, 0.717) is 6.54 Å². The molecule has 1 unspecified atom stereocenters. The Bertz CT molecular complexity index is 263. The molecule has 0 radical (unpaired) electrons. The first-order valence-electron chi connectivity index (χ1n) is 9.30. The molecule has 3 nitrogen and oxygen atoms in total. The predicted octanol–water partition coefficient (Wildman–Crippen LogP) is 3.21. The van der Waals surface area contributed by atoms with Gasteiger partial charge in [-0.15, -0.1) is 0 Å². The summed E-state index contributed by atoms with van der Waals surface area (Å²) >= 11 is 0. The second-order valence-corrected chi connectivity index (χ2v) is 7.59. The van der Waals surface area contributed by atoms with Crippen LogP contribution in [-0.2, 0) is 0 Å². The third-order valence-electron chi connectivity index (χ3n) is 5.91. The molecule has 0 heterocycles. The molecule has 0 aliphatic heterocycles. The van der Waals surface area contributed by atoms with Gasteiger partial charge in [-0.1, -0.05) is 38.5 Å². The summed E-state index contributed by atoms with van der Waals surface area (Å²) in [5, 5.41) is 12.8. The third kappa shape index (κ3) is 4.94. The molecule has 2 aliphatic carbocycles. The summed E-state index contributed by atoms with van der Waals surface area (Å²) in [5.41, 5.74) is 7.10. The molecule has 0 aromatic rings. The van der Waals surface area contributed by atoms with Crippen molar-refractivity contribution in [3.8, 4) is 0 Å². The lowest BCUT2D eigenvalue weighted by molar-refractivity contribution is 0.0952. The van der Waals surface area contributed by atoms with Gasteiger partial charge in [-0.25, -0.2) is 0 Å². The van der Waals surface area contributed by atoms with Gasteiger partial charge in [0.05, 0.1) is 6.10 Å². The largest absolute Gasteiger partial charge is 0.392 e. The van der Waals surface area contributed by atoms with Crippen molar-refractivity contribution in [1.82, 2.24) is 5.32 Å². The van der Waals surface area contributed by atoms with Crippen LogP contribution in [-0.4, -0.2) is 29.8 Å². The second-order valence-electron chi connectivity index (χ2n) is 7.59. The van der Waals surface area contributed by atoms with Crippen LogP contribution in [0.2, 0.25) is 0 Å². The van der Waals surface area contributed by atoms with E-state index in [9.17, 15) is 5.11 Å². The fourth-order valence-corrected chi connectivity index (χ4v) is 4.64. The Morgan fingerprint density at radius 3 is 1.90 bits per heavy atom. The van der Waals surface area contributed by atoms with E-state index in [1.807, 2.05) is 6.92 Å². The zero-order valence-electron chi connectivity index (χ0n) is 13.9. The normalized spacial score (nSPS) is 24.1. The van der Waals surface area contributed by atoms with Crippen molar-refractivity contribution in [2.45, 2.75) is 89.2 Å². The third-order valence-corrected chi connectivity index (χ3v) is 5.91. The van der Waals surface area contributed by atoms with E-state index in [-0.39, 0.29) is 11.6 Å². The first-order valence-corrected chi connectivity index (χ1v) is 9.30. The van der Waals surface area contributed by atoms with E-state index in [1.165, 1.54) is 64.2 Å². The van der Waals surface area contributed by atoms with Crippen LogP contribution in [0.1, 0.15) is 77.6 Å². The van der Waals surface area contributed by atoms with Crippen molar-refractivity contribution < 1.29 is 5.11 Å². The Balaban J connectivity index is 1.94. The van der Waals surface area contributed by atoms with Gasteiger partial charge in [0, 0.05) is 12.1 Å². The minimum atomic E-state index is -0.262. The zero-order chi connectivity index (χ0) is 15.1. The van der Waals surface area contributed by atoms with E-state index in [1.54, 1.807) is 0 Å². The Morgan fingerprint density at radius 1 is 1.00 bits per heavy atom. The number of aliphatic hydroxyl groups is 1. The summed E-state index contributed by atoms with van der Waals surface area (Å²) < 4.78 is 0. The maximum absolute atomic E-state index is 9.39. The summed E-state index contributed by atoms with van der Waals surface area (Å²) in [6.45, 7) is 3.48. The van der Waals surface area contributed by atoms with E-state index >= 15 is 0 Å². The molecule has 2 aliphatic rings. The van der Waals surface area contributed by atoms with Crippen LogP contribution in [0.5, 0.6) is 0 Å². The van der Waals surface area contributed by atoms with Gasteiger partial charge in [0.1, 0.15) is 0 Å². The molecular formula is C18H36N2O. The Kier molecular flexibility index (Phi) is 6.97. The molecule has 0 saturated heterocycles. The SMILES string of the molecule is CC(O)CNCCC(N)(C1CCCCC1)C1CCCCC1. The minimum absolute atomic E-state index is 0.0343. The van der Waals surface area contributed by atoms with Crippen LogP contribution in [0.25, 0.3) is 0 Å². The van der Waals surface area contributed by atoms with E-state index in [4.69, 9.17) is 5.73 Å². The summed E-state index contributed by atoms with van der Waals surface area (Å²) in [4.78, 5) is 0. The summed E-state index contributed by atoms with van der Waals surface area (Å²) in [7, 11) is 0. The molecule has 2 fully saturated rings. The van der Waals surface area contributed by atoms with Gasteiger partial charge in [-0.05, 0) is 57.4 Å². The number of nitrogens with two attached hydrogens (primary N) is 1. The molecule has 0 aromatic carbocycles. The topological polar surface area (TPSA) is 58.3 Å². The van der Waals surface area contributed by atoms with E-state index in [0.717, 1.165) is 24.8 Å². The Morgan fingerprint density at radius 2 is 1.48 bits per heavy atom. The van der Waals surface area contributed by atoms with Gasteiger partial charge in [0.15, 0.2) is 0 Å². The van der Waals surface area contributed by atoms with Gasteiger partial charge < -0.3 is 16.2 Å². The molecule has 3 heteroatoms. The second kappa shape index (κ2) is 8.50. The minimum Gasteiger partial charge on any atom is -0.392 e. The molecule has 0 amide bonds. The standard InChI is InChI=1S/C18H36N2O/c1-15(21)14-20-13-12-18(19,16-8-4-2-5-9-16)17-10-6-3-7-11-17/h15-17,20-21H,2-14,19H2,1H3. The van der Waals surface area contributed by atoms with Gasteiger partial charge in [0.2, 0.25) is 0 Å². The fraction of sp³-hybridized carbons (Fsp3) is 1.00. The van der Waals surface area contributed by atoms with Crippen LogP contribution < -0.4 is 11.1 Å². The highest BCUT2D eigenvalue weighted by atomic mass is 16.3. The first kappa shape index (κ1) is 17.2. The molecule has 0 bridgehead atoms. The van der Waals surface area contributed by atoms with E-state index < -0.39 is 0 Å². The highest BCUT2D eigenvalue weighted by Crippen LogP contribution is 2.43. The van der Waals surface area contributed by atoms with Gasteiger partial charge in [-0.2, -0.15) is 0 Å². The molecule has 1 atom stereocenters. The van der Waals surface area contributed by atoms with Crippen molar-refractivity contribution in [3.05, 3.63) is 0 Å². The molecule has 2 saturated carbocycles. The van der Waals surface area contributed by atoms with Crippen molar-refractivity contribution in [1.29, 1.82) is 0 Å². The monoisotopic (exact) mass is 296 g/mol. The van der Waals surface area contributed by atoms with Gasteiger partial charge in [-0.3, -0.25) is 0 Å².